The summed E-state index contributed by atoms with van der Waals surface area (Å²) >= 11 is 0. The highest BCUT2D eigenvalue weighted by atomic mass is 16.7. The monoisotopic (exact) mass is 324 g/mol. The smallest absolute Gasteiger partial charge is 0.190 e. The Kier molecular flexibility index (Phi) is 3.94. The van der Waals surface area contributed by atoms with Crippen LogP contribution < -0.4 is 0 Å². The SMILES string of the molecule is COCO[C@@H]1CC[C@H]2C(=CCC3=C2C(=O)c2ccccc2C3=O)C1. The summed E-state index contributed by atoms with van der Waals surface area (Å²) in [6, 6.07) is 7.17. The number of hydrogen-bond donors (Lipinski definition) is 0. The Bertz CT molecular complexity index is 772. The molecule has 0 radical (unpaired) electrons. The van der Waals surface area contributed by atoms with Gasteiger partial charge in [-0.2, -0.15) is 0 Å². The molecule has 2 atom stereocenters. The van der Waals surface area contributed by atoms with Crippen LogP contribution in [0.3, 0.4) is 0 Å². The van der Waals surface area contributed by atoms with E-state index in [0.29, 0.717) is 29.9 Å². The number of Topliss-reactive ketones (excluding diaryl/α,β-unsaturated/α-hetero) is 2. The number of fused-ring (bicyclic) bond motifs is 3. The second-order valence-corrected chi connectivity index (χ2v) is 6.61. The van der Waals surface area contributed by atoms with Gasteiger partial charge >= 0.3 is 0 Å². The molecule has 4 nitrogen and oxygen atoms in total. The van der Waals surface area contributed by atoms with Crippen molar-refractivity contribution in [2.24, 2.45) is 5.92 Å². The number of benzene rings is 1. The second-order valence-electron chi connectivity index (χ2n) is 6.61. The minimum Gasteiger partial charge on any atom is -0.359 e. The zero-order valence-electron chi connectivity index (χ0n) is 13.7. The summed E-state index contributed by atoms with van der Waals surface area (Å²) in [4.78, 5) is 25.8. The fourth-order valence-electron chi connectivity index (χ4n) is 4.16. The van der Waals surface area contributed by atoms with E-state index in [1.54, 1.807) is 19.2 Å². The molecule has 4 heteroatoms. The van der Waals surface area contributed by atoms with Crippen LogP contribution in [0.1, 0.15) is 46.4 Å². The minimum atomic E-state index is 0.0215. The molecule has 1 aromatic rings. The first-order chi connectivity index (χ1) is 11.7. The van der Waals surface area contributed by atoms with Gasteiger partial charge < -0.3 is 9.47 Å². The van der Waals surface area contributed by atoms with E-state index in [1.807, 2.05) is 12.1 Å². The molecule has 3 aliphatic carbocycles. The lowest BCUT2D eigenvalue weighted by atomic mass is 9.67. The van der Waals surface area contributed by atoms with Crippen molar-refractivity contribution in [3.8, 4) is 0 Å². The summed E-state index contributed by atoms with van der Waals surface area (Å²) in [5.74, 6) is 0.126. The maximum atomic E-state index is 13.0. The lowest BCUT2D eigenvalue weighted by Crippen LogP contribution is -2.33. The predicted molar refractivity (Wildman–Crippen MR) is 88.9 cm³/mol. The number of carbonyl (C=O) groups excluding carboxylic acids is 2. The third kappa shape index (κ3) is 2.38. The molecule has 1 saturated carbocycles. The molecular formula is C20H20O4. The Morgan fingerprint density at radius 2 is 1.83 bits per heavy atom. The van der Waals surface area contributed by atoms with Crippen molar-refractivity contribution < 1.29 is 19.1 Å². The summed E-state index contributed by atoms with van der Waals surface area (Å²) < 4.78 is 10.7. The van der Waals surface area contributed by atoms with Gasteiger partial charge in [-0.3, -0.25) is 9.59 Å². The zero-order chi connectivity index (χ0) is 16.7. The van der Waals surface area contributed by atoms with E-state index in [1.165, 1.54) is 5.57 Å². The Morgan fingerprint density at radius 1 is 1.08 bits per heavy atom. The van der Waals surface area contributed by atoms with Crippen LogP contribution in [0.2, 0.25) is 0 Å². The molecule has 1 aromatic carbocycles. The van der Waals surface area contributed by atoms with Crippen molar-refractivity contribution in [3.63, 3.8) is 0 Å². The number of hydrogen-bond acceptors (Lipinski definition) is 4. The molecule has 0 heterocycles. The molecule has 0 N–H and O–H groups in total. The Labute approximate surface area is 141 Å². The summed E-state index contributed by atoms with van der Waals surface area (Å²) in [6.45, 7) is 0.293. The van der Waals surface area contributed by atoms with E-state index >= 15 is 0 Å². The zero-order valence-corrected chi connectivity index (χ0v) is 13.7. The van der Waals surface area contributed by atoms with Crippen molar-refractivity contribution >= 4 is 11.6 Å². The molecule has 0 aromatic heterocycles. The Morgan fingerprint density at radius 3 is 2.58 bits per heavy atom. The number of rotatable bonds is 3. The van der Waals surface area contributed by atoms with Crippen LogP contribution in [0, 0.1) is 5.92 Å². The van der Waals surface area contributed by atoms with Gasteiger partial charge in [0.2, 0.25) is 0 Å². The van der Waals surface area contributed by atoms with E-state index < -0.39 is 0 Å². The molecule has 1 fully saturated rings. The van der Waals surface area contributed by atoms with Crippen molar-refractivity contribution in [2.75, 3.05) is 13.9 Å². The van der Waals surface area contributed by atoms with Crippen molar-refractivity contribution in [3.05, 3.63) is 58.2 Å². The fraction of sp³-hybridized carbons (Fsp3) is 0.400. The summed E-state index contributed by atoms with van der Waals surface area (Å²) in [5, 5.41) is 0. The molecule has 0 aliphatic heterocycles. The van der Waals surface area contributed by atoms with Gasteiger partial charge in [-0.25, -0.2) is 0 Å². The quantitative estimate of drug-likeness (QED) is 0.631. The first-order valence-corrected chi connectivity index (χ1v) is 8.41. The average Bonchev–Trinajstić information content (AvgIpc) is 2.63. The van der Waals surface area contributed by atoms with Crippen LogP contribution in [0.5, 0.6) is 0 Å². The molecule has 0 saturated heterocycles. The van der Waals surface area contributed by atoms with Gasteiger partial charge in [-0.1, -0.05) is 35.9 Å². The standard InChI is InChI=1S/C20H20O4/c1-23-11-24-13-7-9-14-12(10-13)6-8-17-18(14)20(22)16-5-3-2-4-15(16)19(17)21/h2-6,13-14H,7-11H2,1H3/t13-,14+/m1/s1. The number of ketones is 2. The lowest BCUT2D eigenvalue weighted by Gasteiger charge is -2.37. The van der Waals surface area contributed by atoms with Crippen molar-refractivity contribution in [1.29, 1.82) is 0 Å². The predicted octanol–water partition coefficient (Wildman–Crippen LogP) is 3.48. The second kappa shape index (κ2) is 6.11. The third-order valence-corrected chi connectivity index (χ3v) is 5.29. The van der Waals surface area contributed by atoms with Crippen LogP contribution in [-0.4, -0.2) is 31.6 Å². The van der Waals surface area contributed by atoms with Gasteiger partial charge in [-0.05, 0) is 25.7 Å². The van der Waals surface area contributed by atoms with E-state index in [0.717, 1.165) is 24.8 Å². The van der Waals surface area contributed by atoms with E-state index in [2.05, 4.69) is 6.08 Å². The van der Waals surface area contributed by atoms with E-state index in [-0.39, 0.29) is 23.6 Å². The minimum absolute atomic E-state index is 0.0215. The van der Waals surface area contributed by atoms with Crippen LogP contribution in [0.15, 0.2) is 47.1 Å². The molecule has 0 unspecified atom stereocenters. The first-order valence-electron chi connectivity index (χ1n) is 8.41. The molecule has 0 bridgehead atoms. The van der Waals surface area contributed by atoms with Gasteiger partial charge in [0.15, 0.2) is 11.6 Å². The van der Waals surface area contributed by atoms with E-state index in [4.69, 9.17) is 9.47 Å². The Hall–Kier alpha value is -2.04. The van der Waals surface area contributed by atoms with Crippen LogP contribution in [0.4, 0.5) is 0 Å². The maximum absolute atomic E-state index is 13.0. The molecular weight excluding hydrogens is 304 g/mol. The van der Waals surface area contributed by atoms with Crippen LogP contribution in [-0.2, 0) is 9.47 Å². The molecule has 24 heavy (non-hydrogen) atoms. The Balaban J connectivity index is 1.65. The number of ether oxygens (including phenoxy) is 2. The first kappa shape index (κ1) is 15.5. The average molecular weight is 324 g/mol. The topological polar surface area (TPSA) is 52.6 Å². The van der Waals surface area contributed by atoms with Gasteiger partial charge in [0, 0.05) is 35.3 Å². The van der Waals surface area contributed by atoms with Crippen LogP contribution >= 0.6 is 0 Å². The normalized spacial score (nSPS) is 25.8. The number of methoxy groups -OCH3 is 1. The fourth-order valence-corrected chi connectivity index (χ4v) is 4.16. The molecule has 124 valence electrons. The summed E-state index contributed by atoms with van der Waals surface area (Å²) in [6.07, 6.45) is 5.36. The van der Waals surface area contributed by atoms with Gasteiger partial charge in [0.1, 0.15) is 6.79 Å². The largest absolute Gasteiger partial charge is 0.359 e. The highest BCUT2D eigenvalue weighted by Gasteiger charge is 2.40. The van der Waals surface area contributed by atoms with Crippen molar-refractivity contribution in [1.82, 2.24) is 0 Å². The third-order valence-electron chi connectivity index (χ3n) is 5.29. The van der Waals surface area contributed by atoms with Gasteiger partial charge in [0.25, 0.3) is 0 Å². The summed E-state index contributed by atoms with van der Waals surface area (Å²) in [5.41, 5.74) is 3.78. The summed E-state index contributed by atoms with van der Waals surface area (Å²) in [7, 11) is 1.62. The maximum Gasteiger partial charge on any atom is 0.190 e. The molecule has 0 spiro atoms. The van der Waals surface area contributed by atoms with E-state index in [9.17, 15) is 9.59 Å². The highest BCUT2D eigenvalue weighted by molar-refractivity contribution is 6.27. The number of allylic oxidation sites excluding steroid dienone is 3. The lowest BCUT2D eigenvalue weighted by molar-refractivity contribution is -0.0787. The molecule has 3 aliphatic rings. The van der Waals surface area contributed by atoms with Crippen LogP contribution in [0.25, 0.3) is 0 Å². The van der Waals surface area contributed by atoms with Gasteiger partial charge in [-0.15, -0.1) is 0 Å². The molecule has 0 amide bonds. The molecule has 4 rings (SSSR count). The highest BCUT2D eigenvalue weighted by Crippen LogP contribution is 2.45. The number of carbonyl (C=O) groups is 2. The van der Waals surface area contributed by atoms with Gasteiger partial charge in [0.05, 0.1) is 6.10 Å². The van der Waals surface area contributed by atoms with Crippen molar-refractivity contribution in [2.45, 2.75) is 31.8 Å².